The maximum Gasteiger partial charge on any atom is 0.472 e. The molecule has 0 bridgehead atoms. The monoisotopic (exact) mass is 790 g/mol. The van der Waals surface area contributed by atoms with Gasteiger partial charge in [-0.1, -0.05) is 167 Å². The summed E-state index contributed by atoms with van der Waals surface area (Å²) < 4.78 is 32.7. The molecule has 0 radical (unpaired) electrons. The quantitative estimate of drug-likeness (QED) is 0.0233. The van der Waals surface area contributed by atoms with Crippen molar-refractivity contribution in [1.82, 2.24) is 0 Å². The van der Waals surface area contributed by atoms with Crippen molar-refractivity contribution in [1.29, 1.82) is 0 Å². The van der Waals surface area contributed by atoms with Crippen LogP contribution in [0.25, 0.3) is 0 Å². The van der Waals surface area contributed by atoms with Crippen molar-refractivity contribution in [3.8, 4) is 0 Å². The SMILES string of the molecule is CCCCCCCC/C=C/CCCCCCCCCC(=O)OC[C@H](COP(=O)(O)OC[C@H](N)C(=O)O)OC(=O)CCCCCCCCCCCCCCC. The van der Waals surface area contributed by atoms with Gasteiger partial charge in [-0.25, -0.2) is 4.57 Å². The smallest absolute Gasteiger partial charge is 0.472 e. The van der Waals surface area contributed by atoms with Gasteiger partial charge < -0.3 is 25.2 Å². The summed E-state index contributed by atoms with van der Waals surface area (Å²) in [5.74, 6) is -2.37. The highest BCUT2D eigenvalue weighted by Crippen LogP contribution is 2.43. The summed E-state index contributed by atoms with van der Waals surface area (Å²) in [6.45, 7) is 2.81. The molecule has 3 atom stereocenters. The third-order valence-electron chi connectivity index (χ3n) is 9.51. The van der Waals surface area contributed by atoms with E-state index in [2.05, 4.69) is 30.5 Å². The molecule has 0 aliphatic rings. The number of ether oxygens (including phenoxy) is 2. The number of hydrogen-bond donors (Lipinski definition) is 3. The Balaban J connectivity index is 4.33. The van der Waals surface area contributed by atoms with E-state index in [1.165, 1.54) is 122 Å². The molecule has 4 N–H and O–H groups in total. The summed E-state index contributed by atoms with van der Waals surface area (Å²) in [7, 11) is -4.71. The number of carbonyl (C=O) groups is 3. The lowest BCUT2D eigenvalue weighted by molar-refractivity contribution is -0.161. The lowest BCUT2D eigenvalue weighted by atomic mass is 10.0. The van der Waals surface area contributed by atoms with Crippen LogP contribution in [0.4, 0.5) is 0 Å². The second kappa shape index (κ2) is 38.1. The Bertz CT molecular complexity index is 979. The Labute approximate surface area is 328 Å². The number of carboxylic acid groups (broad SMARTS) is 1. The molecular weight excluding hydrogens is 709 g/mol. The molecule has 1 unspecified atom stereocenters. The van der Waals surface area contributed by atoms with Gasteiger partial charge >= 0.3 is 25.7 Å². The molecule has 11 nitrogen and oxygen atoms in total. The van der Waals surface area contributed by atoms with Crippen LogP contribution >= 0.6 is 7.82 Å². The van der Waals surface area contributed by atoms with Crippen molar-refractivity contribution in [3.63, 3.8) is 0 Å². The van der Waals surface area contributed by atoms with Crippen molar-refractivity contribution in [2.45, 2.75) is 219 Å². The normalized spacial score (nSPS) is 13.9. The van der Waals surface area contributed by atoms with Gasteiger partial charge in [-0.3, -0.25) is 23.4 Å². The highest BCUT2D eigenvalue weighted by atomic mass is 31.2. The Morgan fingerprint density at radius 2 is 0.926 bits per heavy atom. The van der Waals surface area contributed by atoms with Crippen LogP contribution < -0.4 is 5.73 Å². The lowest BCUT2D eigenvalue weighted by Gasteiger charge is -2.20. The van der Waals surface area contributed by atoms with E-state index in [-0.39, 0.29) is 19.4 Å². The summed E-state index contributed by atoms with van der Waals surface area (Å²) in [6, 6.07) is -1.52. The van der Waals surface area contributed by atoms with E-state index in [1.54, 1.807) is 0 Å². The minimum Gasteiger partial charge on any atom is -0.480 e. The molecule has 0 amide bonds. The Hall–Kier alpha value is -1.78. The van der Waals surface area contributed by atoms with Crippen molar-refractivity contribution in [3.05, 3.63) is 12.2 Å². The fraction of sp³-hybridized carbons (Fsp3) is 0.881. The van der Waals surface area contributed by atoms with Crippen LogP contribution in [0.2, 0.25) is 0 Å². The average molecular weight is 790 g/mol. The van der Waals surface area contributed by atoms with Gasteiger partial charge in [0.25, 0.3) is 0 Å². The molecule has 0 aromatic rings. The molecule has 0 saturated carbocycles. The zero-order chi connectivity index (χ0) is 40.0. The van der Waals surface area contributed by atoms with Crippen LogP contribution in [-0.2, 0) is 37.5 Å². The van der Waals surface area contributed by atoms with Crippen molar-refractivity contribution in [2.24, 2.45) is 5.73 Å². The Morgan fingerprint density at radius 1 is 0.556 bits per heavy atom. The Kier molecular flexibility index (Phi) is 36.9. The number of unbranched alkanes of at least 4 members (excludes halogenated alkanes) is 25. The predicted molar refractivity (Wildman–Crippen MR) is 217 cm³/mol. The van der Waals surface area contributed by atoms with E-state index in [1.807, 2.05) is 0 Å². The van der Waals surface area contributed by atoms with Gasteiger partial charge in [0, 0.05) is 12.8 Å². The number of nitrogens with two attached hydrogens (primary N) is 1. The first-order chi connectivity index (χ1) is 26.1. The minimum atomic E-state index is -4.71. The molecule has 0 heterocycles. The number of phosphoric ester groups is 1. The molecule has 0 saturated heterocycles. The van der Waals surface area contributed by atoms with Gasteiger partial charge in [-0.05, 0) is 38.5 Å². The number of carboxylic acids is 1. The zero-order valence-corrected chi connectivity index (χ0v) is 35.2. The standard InChI is InChI=1S/C42H80NO10P/c1-3-5-7-9-11-13-15-17-18-19-20-22-23-25-27-29-31-33-40(44)50-35-38(36-51-54(48,49)52-37-39(43)42(46)47)53-41(45)34-32-30-28-26-24-21-16-14-12-10-8-6-4-2/h17-18,38-39H,3-16,19-37,43H2,1-2H3,(H,46,47)(H,48,49)/b18-17+/t38-,39+/m1/s1. The summed E-state index contributed by atoms with van der Waals surface area (Å²) in [4.78, 5) is 45.9. The number of rotatable bonds is 41. The van der Waals surface area contributed by atoms with E-state index in [4.69, 9.17) is 24.8 Å². The number of hydrogen-bond acceptors (Lipinski definition) is 9. The second-order valence-electron chi connectivity index (χ2n) is 14.8. The van der Waals surface area contributed by atoms with E-state index in [0.717, 1.165) is 44.9 Å². The summed E-state index contributed by atoms with van der Waals surface area (Å²) in [5, 5.41) is 8.88. The van der Waals surface area contributed by atoms with Gasteiger partial charge in [0.1, 0.15) is 12.6 Å². The van der Waals surface area contributed by atoms with Gasteiger partial charge in [0.05, 0.1) is 13.2 Å². The first kappa shape index (κ1) is 52.2. The Morgan fingerprint density at radius 3 is 1.35 bits per heavy atom. The average Bonchev–Trinajstić information content (AvgIpc) is 3.14. The molecule has 0 aromatic heterocycles. The highest BCUT2D eigenvalue weighted by molar-refractivity contribution is 7.47. The summed E-state index contributed by atoms with van der Waals surface area (Å²) >= 11 is 0. The molecule has 0 aliphatic heterocycles. The molecule has 0 rings (SSSR count). The fourth-order valence-electron chi connectivity index (χ4n) is 6.06. The zero-order valence-electron chi connectivity index (χ0n) is 34.3. The molecule has 0 aliphatic carbocycles. The van der Waals surface area contributed by atoms with Crippen LogP contribution in [0, 0.1) is 0 Å². The largest absolute Gasteiger partial charge is 0.480 e. The van der Waals surface area contributed by atoms with Crippen LogP contribution in [0.15, 0.2) is 12.2 Å². The summed E-state index contributed by atoms with van der Waals surface area (Å²) in [5.41, 5.74) is 5.33. The number of carbonyl (C=O) groups excluding carboxylic acids is 2. The summed E-state index contributed by atoms with van der Waals surface area (Å²) in [6.07, 6.45) is 37.0. The maximum atomic E-state index is 12.6. The van der Waals surface area contributed by atoms with E-state index in [9.17, 15) is 23.8 Å². The molecule has 0 fully saturated rings. The van der Waals surface area contributed by atoms with E-state index in [0.29, 0.717) is 12.8 Å². The van der Waals surface area contributed by atoms with Crippen LogP contribution in [0.3, 0.4) is 0 Å². The molecule has 54 heavy (non-hydrogen) atoms. The predicted octanol–water partition coefficient (Wildman–Crippen LogP) is 11.3. The number of aliphatic carboxylic acids is 1. The molecule has 0 aromatic carbocycles. The third kappa shape index (κ3) is 37.2. The molecule has 318 valence electrons. The topological polar surface area (TPSA) is 172 Å². The van der Waals surface area contributed by atoms with Crippen molar-refractivity contribution in [2.75, 3.05) is 19.8 Å². The second-order valence-corrected chi connectivity index (χ2v) is 16.3. The van der Waals surface area contributed by atoms with Gasteiger partial charge in [0.2, 0.25) is 0 Å². The van der Waals surface area contributed by atoms with Crippen LogP contribution in [-0.4, -0.2) is 59.9 Å². The molecular formula is C42H80NO10P. The van der Waals surface area contributed by atoms with Crippen molar-refractivity contribution < 1.29 is 47.5 Å². The number of esters is 2. The first-order valence-electron chi connectivity index (χ1n) is 21.7. The fourth-order valence-corrected chi connectivity index (χ4v) is 6.84. The van der Waals surface area contributed by atoms with Gasteiger partial charge in [0.15, 0.2) is 6.10 Å². The van der Waals surface area contributed by atoms with E-state index >= 15 is 0 Å². The van der Waals surface area contributed by atoms with E-state index < -0.39 is 51.1 Å². The molecule has 12 heteroatoms. The first-order valence-corrected chi connectivity index (χ1v) is 23.2. The minimum absolute atomic E-state index is 0.166. The van der Waals surface area contributed by atoms with Gasteiger partial charge in [-0.15, -0.1) is 0 Å². The van der Waals surface area contributed by atoms with Crippen LogP contribution in [0.5, 0.6) is 0 Å². The molecule has 0 spiro atoms. The van der Waals surface area contributed by atoms with Gasteiger partial charge in [-0.2, -0.15) is 0 Å². The van der Waals surface area contributed by atoms with Crippen molar-refractivity contribution >= 4 is 25.7 Å². The van der Waals surface area contributed by atoms with Crippen LogP contribution in [0.1, 0.15) is 206 Å². The highest BCUT2D eigenvalue weighted by Gasteiger charge is 2.28. The number of allylic oxidation sites excluding steroid dienone is 2. The lowest BCUT2D eigenvalue weighted by Crippen LogP contribution is -2.34. The number of phosphoric acid groups is 1. The third-order valence-corrected chi connectivity index (χ3v) is 10.5. The maximum absolute atomic E-state index is 12.6.